The molecule has 0 unspecified atom stereocenters. The number of ether oxygens (including phenoxy) is 1. The third kappa shape index (κ3) is 0.904. The Kier molecular flexibility index (Phi) is 1.38. The average molecular weight is 141 g/mol. The summed E-state index contributed by atoms with van der Waals surface area (Å²) in [4.78, 5) is 12.2. The smallest absolute Gasteiger partial charge is 0.209 e. The number of likely N-dealkylation sites (tertiary alicyclic amines) is 1. The zero-order valence-electron chi connectivity index (χ0n) is 5.82. The quantitative estimate of drug-likeness (QED) is 0.481. The highest BCUT2D eigenvalue weighted by molar-refractivity contribution is 5.47. The first-order valence-electron chi connectivity index (χ1n) is 3.73. The maximum atomic E-state index is 10.3. The van der Waals surface area contributed by atoms with Gasteiger partial charge in [0.25, 0.3) is 0 Å². The molecule has 0 spiro atoms. The molecule has 3 heteroatoms. The average Bonchev–Trinajstić information content (AvgIpc) is 2.30. The van der Waals surface area contributed by atoms with E-state index in [2.05, 4.69) is 0 Å². The molecular weight excluding hydrogens is 130 g/mol. The molecule has 2 rings (SSSR count). The van der Waals surface area contributed by atoms with Gasteiger partial charge in [-0.25, -0.2) is 0 Å². The fourth-order valence-corrected chi connectivity index (χ4v) is 1.73. The van der Waals surface area contributed by atoms with Gasteiger partial charge in [0.05, 0.1) is 12.2 Å². The van der Waals surface area contributed by atoms with Gasteiger partial charge < -0.3 is 9.64 Å². The lowest BCUT2D eigenvalue weighted by Crippen LogP contribution is -2.41. The largest absolute Gasteiger partial charge is 0.371 e. The van der Waals surface area contributed by atoms with E-state index in [0.29, 0.717) is 12.2 Å². The molecule has 0 aromatic heterocycles. The van der Waals surface area contributed by atoms with Crippen molar-refractivity contribution < 1.29 is 9.53 Å². The third-order valence-electron chi connectivity index (χ3n) is 2.22. The minimum absolute atomic E-state index is 0.337. The number of morpholine rings is 1. The molecule has 10 heavy (non-hydrogen) atoms. The van der Waals surface area contributed by atoms with Crippen molar-refractivity contribution >= 4 is 6.41 Å². The van der Waals surface area contributed by atoms with E-state index in [-0.39, 0.29) is 0 Å². The van der Waals surface area contributed by atoms with Crippen molar-refractivity contribution in [1.29, 1.82) is 0 Å². The van der Waals surface area contributed by atoms with Crippen LogP contribution in [0.4, 0.5) is 0 Å². The van der Waals surface area contributed by atoms with Crippen molar-refractivity contribution in [1.82, 2.24) is 4.90 Å². The van der Waals surface area contributed by atoms with Gasteiger partial charge >= 0.3 is 0 Å². The molecule has 2 aliphatic rings. The lowest BCUT2D eigenvalue weighted by Gasteiger charge is -2.28. The van der Waals surface area contributed by atoms with E-state index >= 15 is 0 Å². The van der Waals surface area contributed by atoms with Crippen LogP contribution in [-0.4, -0.2) is 36.6 Å². The molecule has 2 aliphatic heterocycles. The summed E-state index contributed by atoms with van der Waals surface area (Å²) in [5, 5.41) is 0. The normalized spacial score (nSPS) is 38.2. The summed E-state index contributed by atoms with van der Waals surface area (Å²) >= 11 is 0. The lowest BCUT2D eigenvalue weighted by molar-refractivity contribution is -0.126. The van der Waals surface area contributed by atoms with Gasteiger partial charge in [0.15, 0.2) is 0 Å². The van der Waals surface area contributed by atoms with Crippen molar-refractivity contribution in [3.8, 4) is 0 Å². The molecule has 2 saturated heterocycles. The topological polar surface area (TPSA) is 29.5 Å². The van der Waals surface area contributed by atoms with Crippen molar-refractivity contribution in [2.24, 2.45) is 0 Å². The molecule has 0 radical (unpaired) electrons. The van der Waals surface area contributed by atoms with Gasteiger partial charge in [-0.1, -0.05) is 0 Å². The third-order valence-corrected chi connectivity index (χ3v) is 2.22. The first-order valence-corrected chi connectivity index (χ1v) is 3.73. The Labute approximate surface area is 60.0 Å². The van der Waals surface area contributed by atoms with Gasteiger partial charge in [-0.05, 0) is 12.8 Å². The Bertz CT molecular complexity index is 137. The lowest BCUT2D eigenvalue weighted by atomic mass is 10.2. The molecule has 56 valence electrons. The van der Waals surface area contributed by atoms with Crippen molar-refractivity contribution in [2.75, 3.05) is 13.1 Å². The molecule has 2 atom stereocenters. The van der Waals surface area contributed by atoms with Crippen molar-refractivity contribution in [2.45, 2.75) is 25.0 Å². The minimum Gasteiger partial charge on any atom is -0.371 e. The van der Waals surface area contributed by atoms with Crippen LogP contribution in [0, 0.1) is 0 Å². The molecule has 0 saturated carbocycles. The van der Waals surface area contributed by atoms with E-state index in [1.807, 2.05) is 4.90 Å². The molecule has 2 heterocycles. The van der Waals surface area contributed by atoms with Crippen LogP contribution in [0.2, 0.25) is 0 Å². The number of carbonyl (C=O) groups is 1. The molecule has 0 aliphatic carbocycles. The number of carbonyl (C=O) groups excluding carboxylic acids is 1. The van der Waals surface area contributed by atoms with E-state index in [1.165, 1.54) is 0 Å². The van der Waals surface area contributed by atoms with Crippen LogP contribution >= 0.6 is 0 Å². The molecule has 1 amide bonds. The van der Waals surface area contributed by atoms with Crippen LogP contribution < -0.4 is 0 Å². The monoisotopic (exact) mass is 141 g/mol. The number of fused-ring (bicyclic) bond motifs is 2. The van der Waals surface area contributed by atoms with Crippen LogP contribution in [-0.2, 0) is 9.53 Å². The molecule has 0 aromatic carbocycles. The number of rotatable bonds is 1. The van der Waals surface area contributed by atoms with Gasteiger partial charge in [-0.3, -0.25) is 4.79 Å². The summed E-state index contributed by atoms with van der Waals surface area (Å²) in [5.41, 5.74) is 0. The maximum absolute atomic E-state index is 10.3. The van der Waals surface area contributed by atoms with Gasteiger partial charge in [-0.2, -0.15) is 0 Å². The Morgan fingerprint density at radius 1 is 1.30 bits per heavy atom. The van der Waals surface area contributed by atoms with Gasteiger partial charge in [0.1, 0.15) is 0 Å². The Morgan fingerprint density at radius 3 is 2.40 bits per heavy atom. The Balaban J connectivity index is 2.02. The summed E-state index contributed by atoms with van der Waals surface area (Å²) < 4.78 is 5.53. The van der Waals surface area contributed by atoms with Crippen LogP contribution in [0.25, 0.3) is 0 Å². The summed E-state index contributed by atoms with van der Waals surface area (Å²) in [5.74, 6) is 0. The van der Waals surface area contributed by atoms with Crippen LogP contribution in [0.5, 0.6) is 0 Å². The second-order valence-electron chi connectivity index (χ2n) is 3.02. The first kappa shape index (κ1) is 6.16. The Hall–Kier alpha value is -0.570. The van der Waals surface area contributed by atoms with E-state index < -0.39 is 0 Å². The molecule has 2 bridgehead atoms. The summed E-state index contributed by atoms with van der Waals surface area (Å²) in [6.07, 6.45) is 3.87. The molecule has 0 aromatic rings. The first-order chi connectivity index (χ1) is 4.88. The molecule has 0 N–H and O–H groups in total. The summed E-state index contributed by atoms with van der Waals surface area (Å²) in [6.45, 7) is 1.61. The van der Waals surface area contributed by atoms with Crippen LogP contribution in [0.15, 0.2) is 0 Å². The highest BCUT2D eigenvalue weighted by Crippen LogP contribution is 2.24. The minimum atomic E-state index is 0.337. The fraction of sp³-hybridized carbons (Fsp3) is 0.857. The molecule has 3 nitrogen and oxygen atoms in total. The molecule has 2 fully saturated rings. The van der Waals surface area contributed by atoms with E-state index in [4.69, 9.17) is 4.74 Å². The van der Waals surface area contributed by atoms with Gasteiger partial charge in [0.2, 0.25) is 6.41 Å². The Morgan fingerprint density at radius 2 is 1.90 bits per heavy atom. The maximum Gasteiger partial charge on any atom is 0.209 e. The number of amides is 1. The van der Waals surface area contributed by atoms with Gasteiger partial charge in [-0.15, -0.1) is 0 Å². The van der Waals surface area contributed by atoms with Crippen molar-refractivity contribution in [3.05, 3.63) is 0 Å². The highest BCUT2D eigenvalue weighted by atomic mass is 16.5. The zero-order valence-corrected chi connectivity index (χ0v) is 5.82. The number of nitrogens with zero attached hydrogens (tertiary/aromatic N) is 1. The van der Waals surface area contributed by atoms with Gasteiger partial charge in [0, 0.05) is 13.1 Å². The van der Waals surface area contributed by atoms with E-state index in [0.717, 1.165) is 32.3 Å². The van der Waals surface area contributed by atoms with Crippen LogP contribution in [0.3, 0.4) is 0 Å². The fourth-order valence-electron chi connectivity index (χ4n) is 1.73. The van der Waals surface area contributed by atoms with Crippen molar-refractivity contribution in [3.63, 3.8) is 0 Å². The predicted molar refractivity (Wildman–Crippen MR) is 35.5 cm³/mol. The predicted octanol–water partition coefficient (Wildman–Crippen LogP) is 0.00600. The number of hydrogen-bond donors (Lipinski definition) is 0. The summed E-state index contributed by atoms with van der Waals surface area (Å²) in [7, 11) is 0. The summed E-state index contributed by atoms with van der Waals surface area (Å²) in [6, 6.07) is 0. The van der Waals surface area contributed by atoms with E-state index in [9.17, 15) is 4.79 Å². The highest BCUT2D eigenvalue weighted by Gasteiger charge is 2.32. The SMILES string of the molecule is O=CN1C[C@H]2CC[C@@H](C1)O2. The second kappa shape index (κ2) is 2.23. The molecular formula is C7H11NO2. The standard InChI is InChI=1S/C7H11NO2/c9-5-8-3-6-1-2-7(4-8)10-6/h5-7H,1-4H2/t6-,7+. The second-order valence-corrected chi connectivity index (χ2v) is 3.02. The van der Waals surface area contributed by atoms with Crippen LogP contribution in [0.1, 0.15) is 12.8 Å². The zero-order chi connectivity index (χ0) is 6.97. The number of hydrogen-bond acceptors (Lipinski definition) is 2. The van der Waals surface area contributed by atoms with E-state index in [1.54, 1.807) is 0 Å².